The molecule has 31 heavy (non-hydrogen) atoms. The molecule has 10 heteroatoms. The summed E-state index contributed by atoms with van der Waals surface area (Å²) in [4.78, 5) is 16.4. The van der Waals surface area contributed by atoms with Gasteiger partial charge in [-0.15, -0.1) is 0 Å². The third-order valence-electron chi connectivity index (χ3n) is 8.14. The molecule has 1 spiro atoms. The molecule has 0 aromatic carbocycles. The molecule has 0 radical (unpaired) electrons. The third kappa shape index (κ3) is 3.18. The summed E-state index contributed by atoms with van der Waals surface area (Å²) in [6.45, 7) is 5.53. The molecule has 2 bridgehead atoms. The lowest BCUT2D eigenvalue weighted by molar-refractivity contribution is -0.557. The summed E-state index contributed by atoms with van der Waals surface area (Å²) in [6.07, 6.45) is -2.57. The highest BCUT2D eigenvalue weighted by Gasteiger charge is 2.69. The first kappa shape index (κ1) is 22.0. The summed E-state index contributed by atoms with van der Waals surface area (Å²) in [5.41, 5.74) is -0.742. The van der Waals surface area contributed by atoms with Crippen LogP contribution in [0, 0.1) is 23.7 Å². The Kier molecular flexibility index (Phi) is 5.38. The van der Waals surface area contributed by atoms with Gasteiger partial charge in [-0.3, -0.25) is 0 Å². The minimum atomic E-state index is -1.49. The van der Waals surface area contributed by atoms with Crippen molar-refractivity contribution in [2.24, 2.45) is 28.7 Å². The summed E-state index contributed by atoms with van der Waals surface area (Å²) >= 11 is 0. The van der Waals surface area contributed by atoms with Gasteiger partial charge in [-0.05, 0) is 32.1 Å². The molecule has 6 fully saturated rings. The van der Waals surface area contributed by atoms with Gasteiger partial charge in [-0.1, -0.05) is 13.8 Å². The minimum absolute atomic E-state index is 0.0164. The highest BCUT2D eigenvalue weighted by Crippen LogP contribution is 2.59. The molecule has 5 heterocycles. The molecular formula is C21H33NO9. The van der Waals surface area contributed by atoms with E-state index in [1.807, 2.05) is 13.8 Å². The highest BCUT2D eigenvalue weighted by molar-refractivity contribution is 5.80. The van der Waals surface area contributed by atoms with Crippen molar-refractivity contribution in [3.8, 4) is 0 Å². The summed E-state index contributed by atoms with van der Waals surface area (Å²) in [6, 6.07) is -1.15. The second-order valence-corrected chi connectivity index (χ2v) is 10.0. The van der Waals surface area contributed by atoms with Crippen LogP contribution >= 0.6 is 0 Å². The molecule has 1 aliphatic carbocycles. The fourth-order valence-electron chi connectivity index (χ4n) is 6.29. The number of aliphatic imine (C=N–C) groups is 1. The van der Waals surface area contributed by atoms with Gasteiger partial charge in [-0.2, -0.15) is 0 Å². The fourth-order valence-corrected chi connectivity index (χ4v) is 6.29. The Morgan fingerprint density at radius 2 is 1.81 bits per heavy atom. The second kappa shape index (κ2) is 7.59. The summed E-state index contributed by atoms with van der Waals surface area (Å²) in [5.74, 6) is -0.112. The van der Waals surface area contributed by atoms with Gasteiger partial charge < -0.3 is 34.6 Å². The van der Waals surface area contributed by atoms with Crippen LogP contribution in [-0.4, -0.2) is 81.3 Å². The maximum absolute atomic E-state index is 10.5. The van der Waals surface area contributed by atoms with E-state index in [1.54, 1.807) is 0 Å². The van der Waals surface area contributed by atoms with Gasteiger partial charge in [0.05, 0.1) is 6.61 Å². The zero-order valence-electron chi connectivity index (χ0n) is 18.1. The number of ether oxygens (including phenoxy) is 3. The van der Waals surface area contributed by atoms with Crippen molar-refractivity contribution in [2.75, 3.05) is 6.61 Å². The molecule has 3 unspecified atom stereocenters. The maximum atomic E-state index is 10.5. The van der Waals surface area contributed by atoms with E-state index in [2.05, 4.69) is 11.9 Å². The van der Waals surface area contributed by atoms with Gasteiger partial charge in [0.1, 0.15) is 24.4 Å². The van der Waals surface area contributed by atoms with Crippen molar-refractivity contribution < 1.29 is 44.4 Å². The predicted molar refractivity (Wildman–Crippen MR) is 104 cm³/mol. The lowest BCUT2D eigenvalue weighted by atomic mass is 9.58. The number of rotatable bonds is 2. The summed E-state index contributed by atoms with van der Waals surface area (Å²) in [5, 5.41) is 40.4. The molecule has 1 saturated carbocycles. The zero-order valence-corrected chi connectivity index (χ0v) is 18.1. The maximum Gasteiger partial charge on any atom is 0.237 e. The van der Waals surface area contributed by atoms with Crippen LogP contribution < -0.4 is 0 Å². The third-order valence-corrected chi connectivity index (χ3v) is 8.14. The van der Waals surface area contributed by atoms with Crippen molar-refractivity contribution >= 4 is 5.90 Å². The number of hydrogen-bond acceptors (Lipinski definition) is 10. The molecule has 5 aliphatic heterocycles. The Balaban J connectivity index is 1.49. The molecule has 176 valence electrons. The average Bonchev–Trinajstić information content (AvgIpc) is 2.97. The molecule has 6 aliphatic rings. The largest absolute Gasteiger partial charge is 0.448 e. The van der Waals surface area contributed by atoms with Crippen LogP contribution in [0.5, 0.6) is 0 Å². The van der Waals surface area contributed by atoms with Crippen LogP contribution in [0.3, 0.4) is 0 Å². The SMILES string of the molecule is C[C@@H]1CCC2[C@@H](C)C(=NC3[C@H](O)O[C@@H](CO)[C@H](O)[C@H]3O)O[C@@H]3O[C@]4(C)CCC1[C@@]23OO4. The van der Waals surface area contributed by atoms with E-state index in [0.29, 0.717) is 18.2 Å². The van der Waals surface area contributed by atoms with Crippen LogP contribution in [-0.2, 0) is 24.0 Å². The van der Waals surface area contributed by atoms with Gasteiger partial charge in [-0.25, -0.2) is 14.8 Å². The molecule has 10 nitrogen and oxygen atoms in total. The summed E-state index contributed by atoms with van der Waals surface area (Å²) < 4.78 is 17.8. The van der Waals surface area contributed by atoms with Crippen molar-refractivity contribution in [3.05, 3.63) is 0 Å². The quantitative estimate of drug-likeness (QED) is 0.437. The number of fused-ring (bicyclic) bond motifs is 2. The predicted octanol–water partition coefficient (Wildman–Crippen LogP) is 0.0667. The molecule has 12 atom stereocenters. The Labute approximate surface area is 181 Å². The molecule has 0 aromatic rings. The Morgan fingerprint density at radius 3 is 2.55 bits per heavy atom. The fraction of sp³-hybridized carbons (Fsp3) is 0.952. The van der Waals surface area contributed by atoms with E-state index in [4.69, 9.17) is 24.0 Å². The van der Waals surface area contributed by atoms with Gasteiger partial charge in [0, 0.05) is 24.2 Å². The molecule has 6 rings (SSSR count). The van der Waals surface area contributed by atoms with Gasteiger partial charge in [0.2, 0.25) is 12.1 Å². The average molecular weight is 443 g/mol. The number of hydrogen-bond donors (Lipinski definition) is 4. The van der Waals surface area contributed by atoms with Crippen molar-refractivity contribution in [1.82, 2.24) is 0 Å². The van der Waals surface area contributed by atoms with Crippen LogP contribution in [0.25, 0.3) is 0 Å². The first-order chi connectivity index (χ1) is 14.7. The monoisotopic (exact) mass is 443 g/mol. The topological polar surface area (TPSA) is 139 Å². The van der Waals surface area contributed by atoms with E-state index in [9.17, 15) is 20.4 Å². The van der Waals surface area contributed by atoms with E-state index in [1.165, 1.54) is 0 Å². The van der Waals surface area contributed by atoms with Gasteiger partial charge in [0.25, 0.3) is 0 Å². The molecule has 0 amide bonds. The van der Waals surface area contributed by atoms with Gasteiger partial charge >= 0.3 is 0 Å². The van der Waals surface area contributed by atoms with Gasteiger partial charge in [0.15, 0.2) is 17.8 Å². The van der Waals surface area contributed by atoms with E-state index < -0.39 is 54.9 Å². The number of aliphatic hydroxyl groups excluding tert-OH is 4. The first-order valence-corrected chi connectivity index (χ1v) is 11.3. The van der Waals surface area contributed by atoms with E-state index in [-0.39, 0.29) is 17.8 Å². The van der Waals surface area contributed by atoms with Crippen molar-refractivity contribution in [3.63, 3.8) is 0 Å². The lowest BCUT2D eigenvalue weighted by Gasteiger charge is -2.58. The number of aliphatic hydroxyl groups is 4. The van der Waals surface area contributed by atoms with E-state index in [0.717, 1.165) is 19.3 Å². The normalized spacial score (nSPS) is 57.8. The smallest absolute Gasteiger partial charge is 0.237 e. The van der Waals surface area contributed by atoms with Crippen molar-refractivity contribution in [2.45, 2.75) is 94.8 Å². The van der Waals surface area contributed by atoms with Crippen LogP contribution in [0.1, 0.15) is 46.5 Å². The standard InChI is InChI=1S/C21H33NO9/c1-9-4-5-12-10(2)17(22-14-16(25)15(24)13(8-23)27-18(14)26)28-19-21(12)11(9)6-7-20(3,29-19)30-31-21/h9-16,18-19,23-26H,4-8H2,1-3H3/t9-,10-,11?,12?,13+,14?,15+,16+,18-,19-,20+,21-/m1/s1. The molecule has 5 saturated heterocycles. The Hall–Kier alpha value is -0.850. The number of nitrogens with zero attached hydrogens (tertiary/aromatic N) is 1. The van der Waals surface area contributed by atoms with E-state index >= 15 is 0 Å². The molecular weight excluding hydrogens is 410 g/mol. The zero-order chi connectivity index (χ0) is 22.1. The highest BCUT2D eigenvalue weighted by atomic mass is 17.3. The Bertz CT molecular complexity index is 736. The van der Waals surface area contributed by atoms with Crippen LogP contribution in [0.2, 0.25) is 0 Å². The van der Waals surface area contributed by atoms with Crippen molar-refractivity contribution in [1.29, 1.82) is 0 Å². The first-order valence-electron chi connectivity index (χ1n) is 11.3. The minimum Gasteiger partial charge on any atom is -0.448 e. The Morgan fingerprint density at radius 1 is 1.03 bits per heavy atom. The second-order valence-electron chi connectivity index (χ2n) is 10.0. The lowest BCUT2D eigenvalue weighted by Crippen LogP contribution is -2.70. The van der Waals surface area contributed by atoms with Crippen LogP contribution in [0.15, 0.2) is 4.99 Å². The summed E-state index contributed by atoms with van der Waals surface area (Å²) in [7, 11) is 0. The van der Waals surface area contributed by atoms with Crippen LogP contribution in [0.4, 0.5) is 0 Å². The molecule has 0 aromatic heterocycles. The molecule has 4 N–H and O–H groups in total.